The number of halogens is 1. The molecule has 1 aliphatic heterocycles. The van der Waals surface area contributed by atoms with E-state index in [1.54, 1.807) is 7.11 Å². The van der Waals surface area contributed by atoms with E-state index in [-0.39, 0.29) is 0 Å². The van der Waals surface area contributed by atoms with Gasteiger partial charge in [-0.2, -0.15) is 5.10 Å². The third-order valence-electron chi connectivity index (χ3n) is 3.43. The molecule has 2 heterocycles. The van der Waals surface area contributed by atoms with Crippen molar-refractivity contribution in [1.29, 1.82) is 0 Å². The number of aromatic nitrogens is 2. The van der Waals surface area contributed by atoms with Crippen LogP contribution < -0.4 is 0 Å². The van der Waals surface area contributed by atoms with Gasteiger partial charge in [-0.1, -0.05) is 0 Å². The van der Waals surface area contributed by atoms with Crippen LogP contribution in [0, 0.1) is 6.92 Å². The van der Waals surface area contributed by atoms with Crippen LogP contribution in [0.1, 0.15) is 24.2 Å². The molecule has 1 aliphatic rings. The summed E-state index contributed by atoms with van der Waals surface area (Å²) in [7, 11) is 3.81. The average Bonchev–Trinajstić information content (AvgIpc) is 2.56. The van der Waals surface area contributed by atoms with Crippen LogP contribution in [0.15, 0.2) is 4.47 Å². The number of aryl methyl sites for hydroxylation is 2. The lowest BCUT2D eigenvalue weighted by Crippen LogP contribution is -2.39. The van der Waals surface area contributed by atoms with Gasteiger partial charge in [0.05, 0.1) is 22.0 Å². The van der Waals surface area contributed by atoms with Gasteiger partial charge in [0, 0.05) is 27.2 Å². The molecule has 0 N–H and O–H groups in total. The average molecular weight is 302 g/mol. The van der Waals surface area contributed by atoms with Gasteiger partial charge in [0.1, 0.15) is 0 Å². The van der Waals surface area contributed by atoms with Gasteiger partial charge in [-0.05, 0) is 42.2 Å². The molecule has 0 spiro atoms. The summed E-state index contributed by atoms with van der Waals surface area (Å²) in [5, 5.41) is 4.43. The normalized spacial score (nSPS) is 22.0. The lowest BCUT2D eigenvalue weighted by molar-refractivity contribution is 0.0277. The van der Waals surface area contributed by atoms with Crippen LogP contribution in [0.25, 0.3) is 0 Å². The van der Waals surface area contributed by atoms with Crippen molar-refractivity contribution >= 4 is 15.9 Å². The summed E-state index contributed by atoms with van der Waals surface area (Å²) in [6.07, 6.45) is 2.78. The lowest BCUT2D eigenvalue weighted by atomic mass is 10.1. The van der Waals surface area contributed by atoms with Crippen LogP contribution in [0.3, 0.4) is 0 Å². The molecule has 0 radical (unpaired) electrons. The molecular formula is C12H20BrN3O. The van der Waals surface area contributed by atoms with E-state index < -0.39 is 0 Å². The predicted octanol–water partition coefficient (Wildman–Crippen LogP) is 2.10. The molecule has 5 heteroatoms. The first kappa shape index (κ1) is 13.1. The molecule has 17 heavy (non-hydrogen) atoms. The number of hydrogen-bond donors (Lipinski definition) is 0. The van der Waals surface area contributed by atoms with Crippen molar-refractivity contribution in [3.8, 4) is 0 Å². The van der Waals surface area contributed by atoms with Crippen molar-refractivity contribution < 1.29 is 4.74 Å². The minimum absolute atomic E-state index is 0.386. The maximum absolute atomic E-state index is 5.45. The molecule has 1 saturated heterocycles. The molecule has 0 saturated carbocycles. The number of methoxy groups -OCH3 is 1. The van der Waals surface area contributed by atoms with Crippen LogP contribution in [-0.4, -0.2) is 41.0 Å². The highest BCUT2D eigenvalue weighted by Gasteiger charge is 2.21. The zero-order valence-electron chi connectivity index (χ0n) is 10.7. The second-order valence-corrected chi connectivity index (χ2v) is 5.50. The number of rotatable bonds is 3. The van der Waals surface area contributed by atoms with Gasteiger partial charge in [-0.25, -0.2) is 0 Å². The Labute approximate surface area is 111 Å². The molecule has 96 valence electrons. The number of hydrogen-bond acceptors (Lipinski definition) is 3. The number of likely N-dealkylation sites (tertiary alicyclic amines) is 1. The first-order valence-electron chi connectivity index (χ1n) is 6.05. The Kier molecular flexibility index (Phi) is 4.22. The van der Waals surface area contributed by atoms with Crippen molar-refractivity contribution in [2.75, 3.05) is 20.2 Å². The third-order valence-corrected chi connectivity index (χ3v) is 4.46. The molecule has 4 nitrogen and oxygen atoms in total. The summed E-state index contributed by atoms with van der Waals surface area (Å²) in [6, 6.07) is 0. The highest BCUT2D eigenvalue weighted by atomic mass is 79.9. The van der Waals surface area contributed by atoms with Crippen molar-refractivity contribution in [1.82, 2.24) is 14.7 Å². The molecule has 1 aromatic rings. The zero-order chi connectivity index (χ0) is 12.4. The standard InChI is InChI=1S/C12H20BrN3O/c1-9-12(13)11(15(2)14-9)8-16-6-4-5-10(7-16)17-3/h10H,4-8H2,1-3H3. The molecule has 1 fully saturated rings. The maximum atomic E-state index is 5.45. The number of ether oxygens (including phenoxy) is 1. The SMILES string of the molecule is COC1CCCN(Cc2c(Br)c(C)nn2C)C1. The van der Waals surface area contributed by atoms with Crippen molar-refractivity contribution in [3.63, 3.8) is 0 Å². The summed E-state index contributed by atoms with van der Waals surface area (Å²) in [6.45, 7) is 5.14. The van der Waals surface area contributed by atoms with Gasteiger partial charge in [-0.15, -0.1) is 0 Å². The largest absolute Gasteiger partial charge is 0.380 e. The van der Waals surface area contributed by atoms with Gasteiger partial charge in [-0.3, -0.25) is 9.58 Å². The van der Waals surface area contributed by atoms with Crippen molar-refractivity contribution in [2.24, 2.45) is 7.05 Å². The molecule has 0 bridgehead atoms. The van der Waals surface area contributed by atoms with Gasteiger partial charge in [0.15, 0.2) is 0 Å². The number of piperidine rings is 1. The fourth-order valence-electron chi connectivity index (χ4n) is 2.41. The molecule has 1 atom stereocenters. The molecule has 1 unspecified atom stereocenters. The van der Waals surface area contributed by atoms with E-state index in [0.29, 0.717) is 6.10 Å². The van der Waals surface area contributed by atoms with Crippen LogP contribution >= 0.6 is 15.9 Å². The topological polar surface area (TPSA) is 30.3 Å². The minimum atomic E-state index is 0.386. The maximum Gasteiger partial charge on any atom is 0.0739 e. The minimum Gasteiger partial charge on any atom is -0.380 e. The predicted molar refractivity (Wildman–Crippen MR) is 71.0 cm³/mol. The van der Waals surface area contributed by atoms with Gasteiger partial charge in [0.25, 0.3) is 0 Å². The molecular weight excluding hydrogens is 282 g/mol. The Morgan fingerprint density at radius 1 is 1.53 bits per heavy atom. The highest BCUT2D eigenvalue weighted by Crippen LogP contribution is 2.23. The van der Waals surface area contributed by atoms with Crippen LogP contribution in [0.2, 0.25) is 0 Å². The molecule has 0 aromatic carbocycles. The summed E-state index contributed by atoms with van der Waals surface area (Å²) < 4.78 is 8.56. The van der Waals surface area contributed by atoms with E-state index >= 15 is 0 Å². The Bertz CT molecular complexity index is 391. The second kappa shape index (κ2) is 5.50. The van der Waals surface area contributed by atoms with Crippen molar-refractivity contribution in [2.45, 2.75) is 32.4 Å². The van der Waals surface area contributed by atoms with Gasteiger partial charge in [0.2, 0.25) is 0 Å². The summed E-state index contributed by atoms with van der Waals surface area (Å²) in [4.78, 5) is 2.44. The van der Waals surface area contributed by atoms with E-state index in [4.69, 9.17) is 4.74 Å². The van der Waals surface area contributed by atoms with E-state index in [1.165, 1.54) is 18.5 Å². The Hall–Kier alpha value is -0.390. The molecule has 1 aromatic heterocycles. The first-order valence-corrected chi connectivity index (χ1v) is 6.84. The second-order valence-electron chi connectivity index (χ2n) is 4.70. The summed E-state index contributed by atoms with van der Waals surface area (Å²) in [5.74, 6) is 0. The zero-order valence-corrected chi connectivity index (χ0v) is 12.3. The van der Waals surface area contributed by atoms with E-state index in [0.717, 1.165) is 29.8 Å². The third kappa shape index (κ3) is 2.89. The van der Waals surface area contributed by atoms with E-state index in [9.17, 15) is 0 Å². The van der Waals surface area contributed by atoms with Crippen LogP contribution in [0.4, 0.5) is 0 Å². The Morgan fingerprint density at radius 3 is 2.88 bits per heavy atom. The van der Waals surface area contributed by atoms with Gasteiger partial charge >= 0.3 is 0 Å². The lowest BCUT2D eigenvalue weighted by Gasteiger charge is -2.31. The Morgan fingerprint density at radius 2 is 2.29 bits per heavy atom. The highest BCUT2D eigenvalue weighted by molar-refractivity contribution is 9.10. The van der Waals surface area contributed by atoms with Gasteiger partial charge < -0.3 is 4.74 Å². The summed E-state index contributed by atoms with van der Waals surface area (Å²) in [5.41, 5.74) is 2.31. The quantitative estimate of drug-likeness (QED) is 0.856. The van der Waals surface area contributed by atoms with Crippen molar-refractivity contribution in [3.05, 3.63) is 15.9 Å². The number of nitrogens with zero attached hydrogens (tertiary/aromatic N) is 3. The smallest absolute Gasteiger partial charge is 0.0739 e. The fraction of sp³-hybridized carbons (Fsp3) is 0.750. The van der Waals surface area contributed by atoms with Crippen LogP contribution in [0.5, 0.6) is 0 Å². The van der Waals surface area contributed by atoms with Crippen LogP contribution in [-0.2, 0) is 18.3 Å². The molecule has 2 rings (SSSR count). The fourth-order valence-corrected chi connectivity index (χ4v) is 2.87. The van der Waals surface area contributed by atoms with E-state index in [2.05, 4.69) is 25.9 Å². The first-order chi connectivity index (χ1) is 8.11. The Balaban J connectivity index is 2.05. The molecule has 0 amide bonds. The monoisotopic (exact) mass is 301 g/mol. The molecule has 0 aliphatic carbocycles. The summed E-state index contributed by atoms with van der Waals surface area (Å²) >= 11 is 3.62. The van der Waals surface area contributed by atoms with E-state index in [1.807, 2.05) is 18.7 Å².